The van der Waals surface area contributed by atoms with Crippen LogP contribution in [0.5, 0.6) is 0 Å². The van der Waals surface area contributed by atoms with Crippen LogP contribution in [-0.4, -0.2) is 45.9 Å². The quantitative estimate of drug-likeness (QED) is 0.543. The number of rotatable bonds is 3. The Bertz CT molecular complexity index is 1010. The Labute approximate surface area is 182 Å². The molecule has 2 heterocycles. The number of carbonyl (C=O) groups excluding carboxylic acids is 1. The predicted octanol–water partition coefficient (Wildman–Crippen LogP) is 5.46. The van der Waals surface area contributed by atoms with Gasteiger partial charge in [-0.25, -0.2) is 4.39 Å². The van der Waals surface area contributed by atoms with Gasteiger partial charge in [0.1, 0.15) is 11.5 Å². The molecule has 0 bridgehead atoms. The Morgan fingerprint density at radius 1 is 1.17 bits per heavy atom. The zero-order valence-corrected chi connectivity index (χ0v) is 18.6. The maximum Gasteiger partial charge on any atom is 0.270 e. The third-order valence-corrected chi connectivity index (χ3v) is 6.76. The van der Waals surface area contributed by atoms with E-state index >= 15 is 0 Å². The molecule has 0 unspecified atom stereocenters. The summed E-state index contributed by atoms with van der Waals surface area (Å²) >= 11 is 9.60. The normalized spacial score (nSPS) is 20.4. The lowest BCUT2D eigenvalue weighted by molar-refractivity contribution is 0.0287. The van der Waals surface area contributed by atoms with Crippen LogP contribution in [0, 0.1) is 5.82 Å². The van der Waals surface area contributed by atoms with E-state index in [1.807, 2.05) is 35.2 Å². The molecule has 0 saturated carbocycles. The number of aromatic nitrogens is 1. The molecule has 4 nitrogen and oxygen atoms in total. The fourth-order valence-electron chi connectivity index (χ4n) is 3.92. The number of nitrogens with one attached hydrogen (secondary N) is 1. The highest BCUT2D eigenvalue weighted by atomic mass is 79.9. The van der Waals surface area contributed by atoms with Crippen molar-refractivity contribution < 1.29 is 9.18 Å². The first kappa shape index (κ1) is 20.4. The summed E-state index contributed by atoms with van der Waals surface area (Å²) in [6, 6.07) is 12.5. The van der Waals surface area contributed by atoms with E-state index in [1.165, 1.54) is 12.1 Å². The van der Waals surface area contributed by atoms with Crippen LogP contribution in [0.1, 0.15) is 29.9 Å². The van der Waals surface area contributed by atoms with Gasteiger partial charge < -0.3 is 9.88 Å². The fraction of sp³-hybridized carbons (Fsp3) is 0.318. The second kappa shape index (κ2) is 8.09. The molecule has 2 atom stereocenters. The molecule has 4 rings (SSSR count). The molecule has 2 aromatic carbocycles. The number of nitrogens with zero attached hydrogens (tertiary/aromatic N) is 2. The van der Waals surface area contributed by atoms with E-state index in [9.17, 15) is 9.18 Å². The van der Waals surface area contributed by atoms with Gasteiger partial charge >= 0.3 is 0 Å². The molecule has 1 aromatic heterocycles. The summed E-state index contributed by atoms with van der Waals surface area (Å²) in [5.41, 5.74) is 2.52. The highest BCUT2D eigenvalue weighted by molar-refractivity contribution is 9.10. The summed E-state index contributed by atoms with van der Waals surface area (Å²) in [5.74, 6) is -0.230. The number of halogens is 3. The third-order valence-electron chi connectivity index (χ3n) is 5.57. The number of aromatic amines is 1. The molecule has 1 amide bonds. The van der Waals surface area contributed by atoms with E-state index in [1.54, 1.807) is 0 Å². The van der Waals surface area contributed by atoms with Crippen molar-refractivity contribution in [1.29, 1.82) is 0 Å². The summed E-state index contributed by atoms with van der Waals surface area (Å²) < 4.78 is 14.0. The topological polar surface area (TPSA) is 39.3 Å². The van der Waals surface area contributed by atoms with Crippen LogP contribution in [0.3, 0.4) is 0 Å². The SMILES string of the molecule is C[C@@H]1CN(Cc2ccc(F)cc2)[C@@H](C)CN1C(=O)c1cc2cc(Cl)c(Br)cc2[nH]1. The minimum atomic E-state index is -0.225. The number of amides is 1. The minimum absolute atomic E-state index is 0.00535. The lowest BCUT2D eigenvalue weighted by atomic mass is 10.1. The standard InChI is InChI=1S/C22H22BrClFN3O/c1-13-11-28(14(2)10-27(13)12-15-3-5-17(25)6-4-15)22(29)21-8-16-7-19(24)18(23)9-20(16)26-21/h3-9,13-14,26H,10-12H2,1-2H3/t13-,14+/m0/s1. The predicted molar refractivity (Wildman–Crippen MR) is 118 cm³/mol. The molecular formula is C22H22BrClFN3O. The number of benzene rings is 2. The van der Waals surface area contributed by atoms with Crippen molar-refractivity contribution in [1.82, 2.24) is 14.8 Å². The number of carbonyl (C=O) groups is 1. The van der Waals surface area contributed by atoms with Crippen LogP contribution in [0.15, 0.2) is 46.9 Å². The molecule has 1 aliphatic rings. The van der Waals surface area contributed by atoms with E-state index in [0.29, 0.717) is 17.3 Å². The van der Waals surface area contributed by atoms with Crippen LogP contribution in [-0.2, 0) is 6.54 Å². The molecule has 1 saturated heterocycles. The molecule has 29 heavy (non-hydrogen) atoms. The zero-order valence-electron chi connectivity index (χ0n) is 16.3. The van der Waals surface area contributed by atoms with Crippen LogP contribution in [0.4, 0.5) is 4.39 Å². The molecule has 152 valence electrons. The summed E-state index contributed by atoms with van der Waals surface area (Å²) in [7, 11) is 0. The van der Waals surface area contributed by atoms with Gasteiger partial charge in [-0.1, -0.05) is 23.7 Å². The number of fused-ring (bicyclic) bond motifs is 1. The Morgan fingerprint density at radius 2 is 1.90 bits per heavy atom. The van der Waals surface area contributed by atoms with Crippen molar-refractivity contribution in [3.63, 3.8) is 0 Å². The molecule has 0 aliphatic carbocycles. The van der Waals surface area contributed by atoms with Gasteiger partial charge in [0.2, 0.25) is 0 Å². The molecule has 1 aliphatic heterocycles. The first-order chi connectivity index (χ1) is 13.8. The molecular weight excluding hydrogens is 457 g/mol. The monoisotopic (exact) mass is 477 g/mol. The highest BCUT2D eigenvalue weighted by Gasteiger charge is 2.33. The van der Waals surface area contributed by atoms with E-state index in [0.717, 1.165) is 34.0 Å². The van der Waals surface area contributed by atoms with Gasteiger partial charge in [0.25, 0.3) is 5.91 Å². The van der Waals surface area contributed by atoms with Crippen LogP contribution in [0.25, 0.3) is 10.9 Å². The zero-order chi connectivity index (χ0) is 20.7. The Kier molecular flexibility index (Phi) is 5.69. The van der Waals surface area contributed by atoms with E-state index in [2.05, 4.69) is 39.7 Å². The second-order valence-electron chi connectivity index (χ2n) is 7.75. The van der Waals surface area contributed by atoms with Gasteiger partial charge in [0.15, 0.2) is 0 Å². The smallest absolute Gasteiger partial charge is 0.270 e. The average Bonchev–Trinajstić information content (AvgIpc) is 3.08. The summed E-state index contributed by atoms with van der Waals surface area (Å²) in [5, 5.41) is 1.53. The van der Waals surface area contributed by atoms with Gasteiger partial charge in [-0.2, -0.15) is 0 Å². The van der Waals surface area contributed by atoms with Crippen molar-refractivity contribution in [2.45, 2.75) is 32.5 Å². The van der Waals surface area contributed by atoms with E-state index < -0.39 is 0 Å². The lowest BCUT2D eigenvalue weighted by Crippen LogP contribution is -2.57. The van der Waals surface area contributed by atoms with Gasteiger partial charge in [-0.3, -0.25) is 9.69 Å². The molecule has 3 aromatic rings. The van der Waals surface area contributed by atoms with Crippen LogP contribution >= 0.6 is 27.5 Å². The van der Waals surface area contributed by atoms with Gasteiger partial charge in [-0.15, -0.1) is 0 Å². The fourth-order valence-corrected chi connectivity index (χ4v) is 4.44. The number of hydrogen-bond acceptors (Lipinski definition) is 2. The van der Waals surface area contributed by atoms with Crippen molar-refractivity contribution in [2.75, 3.05) is 13.1 Å². The van der Waals surface area contributed by atoms with Crippen molar-refractivity contribution in [3.05, 3.63) is 69.0 Å². The summed E-state index contributed by atoms with van der Waals surface area (Å²) in [4.78, 5) is 20.7. The first-order valence-corrected chi connectivity index (χ1v) is 10.8. The summed E-state index contributed by atoms with van der Waals surface area (Å²) in [6.07, 6.45) is 0. The Hall–Kier alpha value is -1.89. The first-order valence-electron chi connectivity index (χ1n) is 9.59. The van der Waals surface area contributed by atoms with Crippen molar-refractivity contribution in [3.8, 4) is 0 Å². The van der Waals surface area contributed by atoms with Crippen LogP contribution < -0.4 is 0 Å². The van der Waals surface area contributed by atoms with Gasteiger partial charge in [-0.05, 0) is 65.7 Å². The molecule has 0 spiro atoms. The Morgan fingerprint density at radius 3 is 2.62 bits per heavy atom. The molecule has 0 radical (unpaired) electrons. The maximum atomic E-state index is 13.2. The minimum Gasteiger partial charge on any atom is -0.350 e. The average molecular weight is 479 g/mol. The highest BCUT2D eigenvalue weighted by Crippen LogP contribution is 2.29. The van der Waals surface area contributed by atoms with E-state index in [-0.39, 0.29) is 23.8 Å². The van der Waals surface area contributed by atoms with Gasteiger partial charge in [0.05, 0.1) is 5.02 Å². The molecule has 7 heteroatoms. The van der Waals surface area contributed by atoms with Crippen molar-refractivity contribution in [2.24, 2.45) is 0 Å². The van der Waals surface area contributed by atoms with E-state index in [4.69, 9.17) is 11.6 Å². The Balaban J connectivity index is 1.49. The van der Waals surface area contributed by atoms with Gasteiger partial charge in [0, 0.05) is 47.1 Å². The lowest BCUT2D eigenvalue weighted by Gasteiger charge is -2.44. The van der Waals surface area contributed by atoms with Crippen LogP contribution in [0.2, 0.25) is 5.02 Å². The molecule has 1 fully saturated rings. The summed E-state index contributed by atoms with van der Waals surface area (Å²) in [6.45, 7) is 6.34. The number of piperazine rings is 1. The number of H-pyrrole nitrogens is 1. The largest absolute Gasteiger partial charge is 0.350 e. The second-order valence-corrected chi connectivity index (χ2v) is 9.01. The van der Waals surface area contributed by atoms with Crippen molar-refractivity contribution >= 4 is 44.3 Å². The third kappa shape index (κ3) is 4.20. The maximum absolute atomic E-state index is 13.2. The molecule has 1 N–H and O–H groups in total. The number of hydrogen-bond donors (Lipinski definition) is 1.